The van der Waals surface area contributed by atoms with Crippen LogP contribution in [0.1, 0.15) is 17.3 Å². The van der Waals surface area contributed by atoms with E-state index in [0.717, 1.165) is 11.5 Å². The Morgan fingerprint density at radius 1 is 1.37 bits per heavy atom. The minimum Gasteiger partial charge on any atom is -0.373 e. The smallest absolute Gasteiger partial charge is 0.267 e. The number of rotatable bonds is 3. The second-order valence-corrected chi connectivity index (χ2v) is 5.27. The summed E-state index contributed by atoms with van der Waals surface area (Å²) < 4.78 is 2.17. The summed E-state index contributed by atoms with van der Waals surface area (Å²) in [5, 5.41) is 2.98. The van der Waals surface area contributed by atoms with Crippen LogP contribution in [-0.4, -0.2) is 26.6 Å². The van der Waals surface area contributed by atoms with Gasteiger partial charge in [0.1, 0.15) is 11.6 Å². The van der Waals surface area contributed by atoms with Crippen LogP contribution in [0.25, 0.3) is 0 Å². The highest BCUT2D eigenvalue weighted by Crippen LogP contribution is 2.07. The van der Waals surface area contributed by atoms with Crippen molar-refractivity contribution in [3.05, 3.63) is 43.5 Å². The first-order valence-corrected chi connectivity index (χ1v) is 6.83. The van der Waals surface area contributed by atoms with E-state index in [1.165, 1.54) is 0 Å². The molecule has 0 aliphatic heterocycles. The maximum atomic E-state index is 12.1. The van der Waals surface area contributed by atoms with Crippen molar-refractivity contribution >= 4 is 28.4 Å². The minimum absolute atomic E-state index is 0.0655. The van der Waals surface area contributed by atoms with E-state index in [2.05, 4.69) is 20.3 Å². The Hall–Kier alpha value is -1.51. The quantitative estimate of drug-likeness (QED) is 0.825. The summed E-state index contributed by atoms with van der Waals surface area (Å²) in [6, 6.07) is 1.85. The van der Waals surface area contributed by atoms with Crippen LogP contribution in [0.4, 0.5) is 5.82 Å². The number of hydrogen-bond donors (Lipinski definition) is 1. The van der Waals surface area contributed by atoms with Crippen LogP contribution in [0.5, 0.6) is 0 Å². The molecule has 6 nitrogen and oxygen atoms in total. The van der Waals surface area contributed by atoms with E-state index in [9.17, 15) is 4.79 Å². The normalized spacial score (nSPS) is 10.5. The molecule has 100 valence electrons. The molecule has 0 amide bonds. The van der Waals surface area contributed by atoms with E-state index in [1.807, 2.05) is 35.6 Å². The fourth-order valence-corrected chi connectivity index (χ4v) is 2.14. The van der Waals surface area contributed by atoms with Crippen LogP contribution >= 0.6 is 22.6 Å². The lowest BCUT2D eigenvalue weighted by atomic mass is 10.4. The van der Waals surface area contributed by atoms with Crippen molar-refractivity contribution in [2.24, 2.45) is 0 Å². The number of anilines is 1. The number of hydrogen-bond acceptors (Lipinski definition) is 5. The Balaban J connectivity index is 2.44. The van der Waals surface area contributed by atoms with Gasteiger partial charge in [0, 0.05) is 25.0 Å². The zero-order chi connectivity index (χ0) is 14.0. The van der Waals surface area contributed by atoms with E-state index in [1.54, 1.807) is 24.7 Å². The van der Waals surface area contributed by atoms with E-state index >= 15 is 0 Å². The molecular formula is C12H14IN5O. The van der Waals surface area contributed by atoms with Gasteiger partial charge in [-0.2, -0.15) is 0 Å². The van der Waals surface area contributed by atoms with Crippen molar-refractivity contribution < 1.29 is 0 Å². The molecule has 0 saturated heterocycles. The van der Waals surface area contributed by atoms with Crippen LogP contribution in [0.3, 0.4) is 0 Å². The molecule has 7 heteroatoms. The van der Waals surface area contributed by atoms with Crippen LogP contribution in [0, 0.1) is 17.4 Å². The highest BCUT2D eigenvalue weighted by Gasteiger charge is 2.09. The molecule has 0 bridgehead atoms. The number of nitrogens with one attached hydrogen (secondary N) is 1. The zero-order valence-electron chi connectivity index (χ0n) is 10.9. The fourth-order valence-electron chi connectivity index (χ4n) is 1.71. The topological polar surface area (TPSA) is 72.7 Å². The van der Waals surface area contributed by atoms with Gasteiger partial charge in [-0.15, -0.1) is 0 Å². The standard InChI is InChI=1S/C12H14IN5O/c1-7-4-10(14-3)17-11(16-7)6-18-8(2)15-5-9(13)12(18)19/h4-5H,6H2,1-3H3,(H,14,16,17). The van der Waals surface area contributed by atoms with Crippen LogP contribution in [-0.2, 0) is 6.54 Å². The van der Waals surface area contributed by atoms with Crippen molar-refractivity contribution in [1.29, 1.82) is 0 Å². The summed E-state index contributed by atoms with van der Waals surface area (Å²) in [5.41, 5.74) is 0.794. The van der Waals surface area contributed by atoms with Crippen molar-refractivity contribution in [3.63, 3.8) is 0 Å². The van der Waals surface area contributed by atoms with Gasteiger partial charge in [-0.1, -0.05) is 0 Å². The van der Waals surface area contributed by atoms with E-state index in [4.69, 9.17) is 0 Å². The molecule has 19 heavy (non-hydrogen) atoms. The van der Waals surface area contributed by atoms with Gasteiger partial charge in [-0.3, -0.25) is 9.36 Å². The first-order valence-electron chi connectivity index (χ1n) is 5.75. The molecule has 0 atom stereocenters. The van der Waals surface area contributed by atoms with Crippen molar-refractivity contribution in [3.8, 4) is 0 Å². The molecule has 0 unspecified atom stereocenters. The van der Waals surface area contributed by atoms with Crippen LogP contribution < -0.4 is 10.9 Å². The third-order valence-electron chi connectivity index (χ3n) is 2.66. The summed E-state index contributed by atoms with van der Waals surface area (Å²) in [6.07, 6.45) is 1.57. The molecule has 2 heterocycles. The molecule has 0 aliphatic carbocycles. The maximum Gasteiger partial charge on any atom is 0.267 e. The Labute approximate surface area is 124 Å². The maximum absolute atomic E-state index is 12.1. The minimum atomic E-state index is -0.0655. The van der Waals surface area contributed by atoms with Gasteiger partial charge in [-0.05, 0) is 36.4 Å². The average Bonchev–Trinajstić information content (AvgIpc) is 2.38. The highest BCUT2D eigenvalue weighted by molar-refractivity contribution is 14.1. The Bertz CT molecular complexity index is 668. The van der Waals surface area contributed by atoms with Gasteiger partial charge in [-0.25, -0.2) is 15.0 Å². The predicted octanol–water partition coefficient (Wildman–Crippen LogP) is 1.34. The SMILES string of the molecule is CNc1cc(C)nc(Cn2c(C)ncc(I)c2=O)n1. The van der Waals surface area contributed by atoms with Crippen LogP contribution in [0.15, 0.2) is 17.1 Å². The van der Waals surface area contributed by atoms with Crippen LogP contribution in [0.2, 0.25) is 0 Å². The van der Waals surface area contributed by atoms with Crippen molar-refractivity contribution in [2.45, 2.75) is 20.4 Å². The van der Waals surface area contributed by atoms with Gasteiger partial charge in [0.15, 0.2) is 5.82 Å². The lowest BCUT2D eigenvalue weighted by Gasteiger charge is -2.10. The van der Waals surface area contributed by atoms with Crippen molar-refractivity contribution in [1.82, 2.24) is 19.5 Å². The largest absolute Gasteiger partial charge is 0.373 e. The third-order valence-corrected chi connectivity index (χ3v) is 3.40. The van der Waals surface area contributed by atoms with Gasteiger partial charge in [0.2, 0.25) is 0 Å². The fraction of sp³-hybridized carbons (Fsp3) is 0.333. The average molecular weight is 371 g/mol. The highest BCUT2D eigenvalue weighted by atomic mass is 127. The molecule has 0 radical (unpaired) electrons. The molecule has 0 aromatic carbocycles. The molecule has 0 fully saturated rings. The lowest BCUT2D eigenvalue weighted by molar-refractivity contribution is 0.662. The molecule has 2 aromatic heterocycles. The summed E-state index contributed by atoms with van der Waals surface area (Å²) in [7, 11) is 1.80. The molecule has 0 spiro atoms. The van der Waals surface area contributed by atoms with E-state index in [0.29, 0.717) is 21.8 Å². The summed E-state index contributed by atoms with van der Waals surface area (Å²) in [4.78, 5) is 25.0. The second-order valence-electron chi connectivity index (χ2n) is 4.11. The molecule has 0 saturated carbocycles. The predicted molar refractivity (Wildman–Crippen MR) is 81.4 cm³/mol. The summed E-state index contributed by atoms with van der Waals surface area (Å²) in [6.45, 7) is 4.02. The van der Waals surface area contributed by atoms with Gasteiger partial charge in [0.05, 0.1) is 10.1 Å². The third kappa shape index (κ3) is 3.09. The molecule has 0 aliphatic rings. The monoisotopic (exact) mass is 371 g/mol. The van der Waals surface area contributed by atoms with E-state index < -0.39 is 0 Å². The number of aryl methyl sites for hydroxylation is 2. The molecular weight excluding hydrogens is 357 g/mol. The van der Waals surface area contributed by atoms with Gasteiger partial charge < -0.3 is 5.32 Å². The number of aromatic nitrogens is 4. The number of nitrogens with zero attached hydrogens (tertiary/aromatic N) is 4. The Morgan fingerprint density at radius 3 is 2.79 bits per heavy atom. The zero-order valence-corrected chi connectivity index (χ0v) is 13.1. The van der Waals surface area contributed by atoms with Gasteiger partial charge >= 0.3 is 0 Å². The molecule has 2 aromatic rings. The Morgan fingerprint density at radius 2 is 2.11 bits per heavy atom. The first kappa shape index (κ1) is 13.9. The summed E-state index contributed by atoms with van der Waals surface area (Å²) in [5.74, 6) is 1.99. The first-order chi connectivity index (χ1) is 9.01. The van der Waals surface area contributed by atoms with E-state index in [-0.39, 0.29) is 5.56 Å². The lowest BCUT2D eigenvalue weighted by Crippen LogP contribution is -2.27. The summed E-state index contributed by atoms with van der Waals surface area (Å²) >= 11 is 1.98. The van der Waals surface area contributed by atoms with Gasteiger partial charge in [0.25, 0.3) is 5.56 Å². The van der Waals surface area contributed by atoms with Crippen molar-refractivity contribution in [2.75, 3.05) is 12.4 Å². The number of halogens is 1. The second kappa shape index (κ2) is 5.64. The molecule has 1 N–H and O–H groups in total. The molecule has 2 rings (SSSR count). The Kier molecular flexibility index (Phi) is 4.13.